The minimum Gasteiger partial charge on any atom is -0.462 e. The Morgan fingerprint density at radius 3 is 0.850 bits per heavy atom. The van der Waals surface area contributed by atoms with Gasteiger partial charge in [0.15, 0.2) is 12.2 Å². The summed E-state index contributed by atoms with van der Waals surface area (Å²) < 4.78 is 68.5. The highest BCUT2D eigenvalue weighted by atomic mass is 31.2. The van der Waals surface area contributed by atoms with Gasteiger partial charge >= 0.3 is 39.5 Å². The molecule has 0 aliphatic heterocycles. The van der Waals surface area contributed by atoms with Crippen LogP contribution in [-0.4, -0.2) is 96.7 Å². The molecule has 0 aromatic carbocycles. The Balaban J connectivity index is 5.38. The molecule has 0 fully saturated rings. The van der Waals surface area contributed by atoms with Gasteiger partial charge in [0.25, 0.3) is 0 Å². The van der Waals surface area contributed by atoms with Crippen LogP contribution in [-0.2, 0) is 65.4 Å². The first-order chi connectivity index (χ1) is 48.7. The average Bonchev–Trinajstić information content (AvgIpc) is 1.01. The predicted octanol–water partition coefficient (Wildman–Crippen LogP) is 23.0. The maximum atomic E-state index is 13.1. The van der Waals surface area contributed by atoms with Crippen LogP contribution in [0.2, 0.25) is 0 Å². The number of allylic oxidation sites excluding steroid dienone is 14. The zero-order valence-electron chi connectivity index (χ0n) is 63.4. The largest absolute Gasteiger partial charge is 0.472 e. The highest BCUT2D eigenvalue weighted by Gasteiger charge is 2.30. The Morgan fingerprint density at radius 2 is 0.520 bits per heavy atom. The first kappa shape index (κ1) is 96.2. The number of ether oxygens (including phenoxy) is 4. The van der Waals surface area contributed by atoms with Crippen LogP contribution in [0.15, 0.2) is 85.1 Å². The number of hydrogen-bond donors (Lipinski definition) is 3. The number of aliphatic hydroxyl groups is 1. The van der Waals surface area contributed by atoms with Gasteiger partial charge in [-0.05, 0) is 122 Å². The topological polar surface area (TPSA) is 237 Å². The molecule has 0 radical (unpaired) electrons. The lowest BCUT2D eigenvalue weighted by molar-refractivity contribution is -0.161. The SMILES string of the molecule is CC/C=C\C/C=C\C/C=C\C/C=C\CCCCC(=O)OCC(COP(=O)(O)OCC(O)COP(=O)(O)OCC(COC(=O)CCCCCCC/C=C\CCCCCCCC)OC(=O)CCCCCCCCCCCCCCCCC)OC(=O)CCCCCCC/C=C\C/C=C\CCCCC. The van der Waals surface area contributed by atoms with E-state index in [0.717, 1.165) is 148 Å². The lowest BCUT2D eigenvalue weighted by atomic mass is 10.0. The van der Waals surface area contributed by atoms with Gasteiger partial charge < -0.3 is 33.8 Å². The van der Waals surface area contributed by atoms with E-state index in [1.807, 2.05) is 0 Å². The maximum absolute atomic E-state index is 13.1. The van der Waals surface area contributed by atoms with Gasteiger partial charge in [-0.2, -0.15) is 0 Å². The molecule has 5 unspecified atom stereocenters. The molecule has 0 aromatic rings. The van der Waals surface area contributed by atoms with E-state index < -0.39 is 97.5 Å². The van der Waals surface area contributed by atoms with Gasteiger partial charge in [0.1, 0.15) is 19.3 Å². The molecule has 17 nitrogen and oxygen atoms in total. The molecule has 0 rings (SSSR count). The van der Waals surface area contributed by atoms with Crippen LogP contribution in [0.1, 0.15) is 349 Å². The summed E-state index contributed by atoms with van der Waals surface area (Å²) in [7, 11) is -9.96. The van der Waals surface area contributed by atoms with E-state index in [4.69, 9.17) is 37.0 Å². The second kappa shape index (κ2) is 73.5. The van der Waals surface area contributed by atoms with Crippen molar-refractivity contribution in [3.05, 3.63) is 85.1 Å². The van der Waals surface area contributed by atoms with Crippen molar-refractivity contribution in [2.24, 2.45) is 0 Å². The summed E-state index contributed by atoms with van der Waals surface area (Å²) in [5.41, 5.74) is 0. The van der Waals surface area contributed by atoms with Crippen LogP contribution < -0.4 is 0 Å². The van der Waals surface area contributed by atoms with Crippen molar-refractivity contribution in [2.75, 3.05) is 39.6 Å². The van der Waals surface area contributed by atoms with Crippen LogP contribution in [0.3, 0.4) is 0 Å². The van der Waals surface area contributed by atoms with E-state index in [-0.39, 0.29) is 25.7 Å². The van der Waals surface area contributed by atoms with Gasteiger partial charge in [0.2, 0.25) is 0 Å². The van der Waals surface area contributed by atoms with Gasteiger partial charge in [-0.1, -0.05) is 286 Å². The molecule has 580 valence electrons. The van der Waals surface area contributed by atoms with E-state index in [9.17, 15) is 43.2 Å². The van der Waals surface area contributed by atoms with Crippen LogP contribution in [0.4, 0.5) is 0 Å². The third-order valence-corrected chi connectivity index (χ3v) is 18.7. The molecule has 0 aromatic heterocycles. The van der Waals surface area contributed by atoms with Crippen molar-refractivity contribution in [1.82, 2.24) is 0 Å². The molecule has 19 heteroatoms. The normalized spacial score (nSPS) is 14.3. The molecule has 100 heavy (non-hydrogen) atoms. The number of phosphoric acid groups is 2. The molecule has 0 saturated carbocycles. The second-order valence-corrected chi connectivity index (χ2v) is 29.5. The quantitative estimate of drug-likeness (QED) is 0.0169. The molecular weight excluding hydrogens is 1310 g/mol. The molecule has 5 atom stereocenters. The Kier molecular flexibility index (Phi) is 70.8. The van der Waals surface area contributed by atoms with Crippen LogP contribution in [0, 0.1) is 0 Å². The van der Waals surface area contributed by atoms with Gasteiger partial charge in [-0.3, -0.25) is 37.3 Å². The van der Waals surface area contributed by atoms with Gasteiger partial charge in [0.05, 0.1) is 26.4 Å². The zero-order chi connectivity index (χ0) is 73.2. The highest BCUT2D eigenvalue weighted by Crippen LogP contribution is 2.45. The van der Waals surface area contributed by atoms with Crippen molar-refractivity contribution < 1.29 is 80.2 Å². The summed E-state index contributed by atoms with van der Waals surface area (Å²) >= 11 is 0. The van der Waals surface area contributed by atoms with Gasteiger partial charge in [-0.25, -0.2) is 9.13 Å². The van der Waals surface area contributed by atoms with Crippen molar-refractivity contribution in [2.45, 2.75) is 367 Å². The standard InChI is InChI=1S/C81H144O17P2/c1-5-9-13-17-21-25-29-33-37-41-45-49-53-57-61-65-78(83)91-71-76(97-80(85)67-63-59-55-51-47-43-39-35-31-27-23-19-15-11-7-3)73-95-99(87,88)93-69-75(82)70-94-100(89,90)96-74-77(98-81(86)68-64-60-56-52-48-44-40-36-32-28-24-20-16-12-8-4)72-92-79(84)66-62-58-54-50-46-42-38-34-30-26-22-18-14-10-6-2/h9,13,21,23,25,27,33-35,37-39,45,49,75-77,82H,5-8,10-12,14-20,22,24,26,28-32,36,40-44,46-48,50-74H2,1-4H3,(H,87,88)(H,89,90)/b13-9-,25-21-,27-23-,37-33-,38-34-,39-35-,49-45-. The van der Waals surface area contributed by atoms with Crippen molar-refractivity contribution in [3.63, 3.8) is 0 Å². The third-order valence-electron chi connectivity index (χ3n) is 16.8. The fraction of sp³-hybridized carbons (Fsp3) is 0.778. The minimum atomic E-state index is -4.99. The number of carbonyl (C=O) groups is 4. The van der Waals surface area contributed by atoms with Crippen LogP contribution in [0.5, 0.6) is 0 Å². The average molecular weight is 1450 g/mol. The smallest absolute Gasteiger partial charge is 0.462 e. The number of hydrogen-bond acceptors (Lipinski definition) is 15. The first-order valence-electron chi connectivity index (χ1n) is 39.8. The molecule has 0 saturated heterocycles. The van der Waals surface area contributed by atoms with Crippen molar-refractivity contribution >= 4 is 39.5 Å². The van der Waals surface area contributed by atoms with Crippen LogP contribution >= 0.6 is 15.6 Å². The lowest BCUT2D eigenvalue weighted by Gasteiger charge is -2.21. The van der Waals surface area contributed by atoms with E-state index in [2.05, 4.69) is 113 Å². The molecule has 0 heterocycles. The fourth-order valence-electron chi connectivity index (χ4n) is 10.8. The lowest BCUT2D eigenvalue weighted by Crippen LogP contribution is -2.30. The van der Waals surface area contributed by atoms with Gasteiger partial charge in [0, 0.05) is 25.7 Å². The number of phosphoric ester groups is 2. The molecular formula is C81H144O17P2. The number of rotatable bonds is 75. The third kappa shape index (κ3) is 72.6. The number of unbranched alkanes of at least 4 members (excludes halogenated alkanes) is 35. The summed E-state index contributed by atoms with van der Waals surface area (Å²) in [4.78, 5) is 73.0. The molecule has 0 spiro atoms. The Morgan fingerprint density at radius 1 is 0.290 bits per heavy atom. The highest BCUT2D eigenvalue weighted by molar-refractivity contribution is 7.47. The van der Waals surface area contributed by atoms with E-state index in [1.165, 1.54) is 122 Å². The first-order valence-corrected chi connectivity index (χ1v) is 42.8. The van der Waals surface area contributed by atoms with E-state index in [1.54, 1.807) is 0 Å². The minimum absolute atomic E-state index is 0.0707. The Bertz CT molecular complexity index is 2230. The summed E-state index contributed by atoms with van der Waals surface area (Å²) in [6, 6.07) is 0. The van der Waals surface area contributed by atoms with Gasteiger partial charge in [-0.15, -0.1) is 0 Å². The summed E-state index contributed by atoms with van der Waals surface area (Å²) in [5.74, 6) is -2.22. The second-order valence-electron chi connectivity index (χ2n) is 26.6. The monoisotopic (exact) mass is 1450 g/mol. The van der Waals surface area contributed by atoms with Crippen molar-refractivity contribution in [1.29, 1.82) is 0 Å². The van der Waals surface area contributed by atoms with Crippen LogP contribution in [0.25, 0.3) is 0 Å². The summed E-state index contributed by atoms with van der Waals surface area (Å²) in [6.07, 6.45) is 75.6. The number of aliphatic hydroxyl groups excluding tert-OH is 1. The van der Waals surface area contributed by atoms with E-state index in [0.29, 0.717) is 25.7 Å². The van der Waals surface area contributed by atoms with Crippen molar-refractivity contribution in [3.8, 4) is 0 Å². The Labute approximate surface area is 608 Å². The predicted molar refractivity (Wildman–Crippen MR) is 409 cm³/mol. The number of esters is 4. The maximum Gasteiger partial charge on any atom is 0.472 e. The molecule has 3 N–H and O–H groups in total. The molecule has 0 bridgehead atoms. The summed E-state index contributed by atoms with van der Waals surface area (Å²) in [6.45, 7) is 4.71. The van der Waals surface area contributed by atoms with E-state index >= 15 is 0 Å². The fourth-order valence-corrected chi connectivity index (χ4v) is 12.3. The summed E-state index contributed by atoms with van der Waals surface area (Å²) in [5, 5.41) is 10.6. The Hall–Kier alpha value is -3.76. The number of carbonyl (C=O) groups excluding carboxylic acids is 4. The zero-order valence-corrected chi connectivity index (χ0v) is 65.2. The molecule has 0 aliphatic carbocycles. The molecule has 0 aliphatic rings. The molecule has 0 amide bonds.